The van der Waals surface area contributed by atoms with Crippen LogP contribution >= 0.6 is 0 Å². The van der Waals surface area contributed by atoms with E-state index in [1.54, 1.807) is 0 Å². The van der Waals surface area contributed by atoms with E-state index in [4.69, 9.17) is 40.1 Å². The van der Waals surface area contributed by atoms with Crippen LogP contribution in [0, 0.1) is 0 Å². The molecule has 15 heteroatoms. The minimum absolute atomic E-state index is 0.0983. The molecule has 0 aliphatic carbocycles. The summed E-state index contributed by atoms with van der Waals surface area (Å²) in [6, 6.07) is 0. The van der Waals surface area contributed by atoms with Crippen LogP contribution in [0.3, 0.4) is 0 Å². The van der Waals surface area contributed by atoms with Gasteiger partial charge in [-0.1, -0.05) is 34.3 Å². The predicted octanol–water partition coefficient (Wildman–Crippen LogP) is 4.15. The topological polar surface area (TPSA) is 207 Å². The average Bonchev–Trinajstić information content (AvgIpc) is 2.79. The molecule has 0 saturated carbocycles. The van der Waals surface area contributed by atoms with Crippen molar-refractivity contribution in [1.29, 1.82) is 0 Å². The van der Waals surface area contributed by atoms with Gasteiger partial charge in [-0.05, 0) is 69.2 Å². The van der Waals surface area contributed by atoms with Gasteiger partial charge in [-0.15, -0.1) is 0 Å². The summed E-state index contributed by atoms with van der Waals surface area (Å²) in [4.78, 5) is 8.33. The molecule has 3 atom stereocenters. The Kier molecular flexibility index (Phi) is 13.0. The van der Waals surface area contributed by atoms with E-state index >= 15 is 0 Å². The number of benzene rings is 1. The van der Waals surface area contributed by atoms with Gasteiger partial charge >= 0.3 is 0 Å². The number of hydrogen-bond acceptors (Lipinski definition) is 6. The first-order valence-corrected chi connectivity index (χ1v) is 10.3. The maximum absolute atomic E-state index is 11.0. The molecule has 0 aliphatic heterocycles. The third-order valence-corrected chi connectivity index (χ3v) is 5.15. The Morgan fingerprint density at radius 2 is 0.818 bits per heavy atom. The second kappa shape index (κ2) is 15.1. The summed E-state index contributed by atoms with van der Waals surface area (Å²) < 4.78 is 0. The Morgan fingerprint density at radius 3 is 1.00 bits per heavy atom. The highest BCUT2D eigenvalue weighted by atomic mass is 16.3. The SMILES string of the molecule is [B]CCC(O)c1c(CN=[N+]=[N-])c(C(O)CC[B])c(CN=[N+]=[N-])c(C(O)CC[B])c1CN=[N+]=[N-]. The summed E-state index contributed by atoms with van der Waals surface area (Å²) in [6.45, 7) is -0.821. The van der Waals surface area contributed by atoms with E-state index in [1.165, 1.54) is 0 Å². The van der Waals surface area contributed by atoms with Gasteiger partial charge in [-0.3, -0.25) is 0 Å². The van der Waals surface area contributed by atoms with Crippen molar-refractivity contribution in [2.24, 2.45) is 15.3 Å². The largest absolute Gasteiger partial charge is 0.388 e. The summed E-state index contributed by atoms with van der Waals surface area (Å²) >= 11 is 0. The van der Waals surface area contributed by atoms with Gasteiger partial charge in [0.15, 0.2) is 0 Å². The molecule has 12 nitrogen and oxygen atoms in total. The molecule has 1 aromatic carbocycles. The number of aliphatic hydroxyl groups is 3. The van der Waals surface area contributed by atoms with Crippen LogP contribution in [0.4, 0.5) is 0 Å². The molecule has 3 unspecified atom stereocenters. The molecule has 0 aromatic heterocycles. The summed E-state index contributed by atoms with van der Waals surface area (Å²) in [6.07, 6.45) is -2.97. The fourth-order valence-electron chi connectivity index (χ4n) is 3.91. The van der Waals surface area contributed by atoms with Crippen LogP contribution in [-0.4, -0.2) is 38.9 Å². The molecule has 1 aromatic rings. The third kappa shape index (κ3) is 7.37. The fraction of sp³-hybridized carbons (Fsp3) is 0.667. The average molecular weight is 447 g/mol. The minimum Gasteiger partial charge on any atom is -0.388 e. The quantitative estimate of drug-likeness (QED) is 0.157. The van der Waals surface area contributed by atoms with Crippen molar-refractivity contribution in [3.63, 3.8) is 0 Å². The van der Waals surface area contributed by atoms with Gasteiger partial charge in [0.25, 0.3) is 0 Å². The normalized spacial score (nSPS) is 13.2. The van der Waals surface area contributed by atoms with Crippen molar-refractivity contribution < 1.29 is 15.3 Å². The van der Waals surface area contributed by atoms with Crippen LogP contribution in [-0.2, 0) is 19.6 Å². The van der Waals surface area contributed by atoms with E-state index in [2.05, 4.69) is 30.1 Å². The zero-order chi connectivity index (χ0) is 24.8. The molecule has 1 rings (SSSR count). The van der Waals surface area contributed by atoms with Gasteiger partial charge in [-0.2, -0.15) is 0 Å². The van der Waals surface area contributed by atoms with E-state index in [0.29, 0.717) is 0 Å². The Morgan fingerprint density at radius 1 is 0.576 bits per heavy atom. The van der Waals surface area contributed by atoms with E-state index in [-0.39, 0.29) is 91.2 Å². The molecule has 0 bridgehead atoms. The summed E-state index contributed by atoms with van der Waals surface area (Å²) in [5.41, 5.74) is 28.3. The van der Waals surface area contributed by atoms with E-state index in [1.807, 2.05) is 0 Å². The number of aliphatic hydroxyl groups excluding tert-OH is 3. The molecule has 33 heavy (non-hydrogen) atoms. The van der Waals surface area contributed by atoms with Gasteiger partial charge in [-0.25, -0.2) is 0 Å². The third-order valence-electron chi connectivity index (χ3n) is 5.15. The summed E-state index contributed by atoms with van der Waals surface area (Å²) in [5.74, 6) is 0. The molecular formula is C18H24B3N9O3. The molecule has 0 amide bonds. The zero-order valence-corrected chi connectivity index (χ0v) is 18.2. The van der Waals surface area contributed by atoms with Crippen LogP contribution in [0.1, 0.15) is 71.0 Å². The minimum atomic E-state index is -1.19. The molecular weight excluding hydrogens is 423 g/mol. The fourth-order valence-corrected chi connectivity index (χ4v) is 3.91. The number of azide groups is 3. The van der Waals surface area contributed by atoms with Gasteiger partial charge in [0.1, 0.15) is 0 Å². The maximum atomic E-state index is 11.0. The molecule has 6 radical (unpaired) electrons. The van der Waals surface area contributed by atoms with Gasteiger partial charge < -0.3 is 15.3 Å². The van der Waals surface area contributed by atoms with Gasteiger partial charge in [0.05, 0.1) is 61.5 Å². The smallest absolute Gasteiger partial charge is 0.0788 e. The highest BCUT2D eigenvalue weighted by Gasteiger charge is 2.31. The lowest BCUT2D eigenvalue weighted by Gasteiger charge is -2.31. The van der Waals surface area contributed by atoms with Gasteiger partial charge in [0, 0.05) is 14.7 Å². The molecule has 168 valence electrons. The van der Waals surface area contributed by atoms with Crippen LogP contribution in [0.2, 0.25) is 19.0 Å². The first-order chi connectivity index (χ1) is 15.9. The highest BCUT2D eigenvalue weighted by Crippen LogP contribution is 2.42. The number of hydrogen-bond donors (Lipinski definition) is 3. The lowest BCUT2D eigenvalue weighted by atomic mass is 9.77. The van der Waals surface area contributed by atoms with Crippen molar-refractivity contribution in [2.45, 2.75) is 76.2 Å². The van der Waals surface area contributed by atoms with E-state index < -0.39 is 18.3 Å². The van der Waals surface area contributed by atoms with Crippen molar-refractivity contribution in [1.82, 2.24) is 0 Å². The molecule has 3 N–H and O–H groups in total. The monoisotopic (exact) mass is 447 g/mol. The molecule has 0 heterocycles. The van der Waals surface area contributed by atoms with Crippen molar-refractivity contribution >= 4 is 23.5 Å². The van der Waals surface area contributed by atoms with Crippen LogP contribution in [0.15, 0.2) is 15.3 Å². The number of nitrogens with zero attached hydrogens (tertiary/aromatic N) is 9. The van der Waals surface area contributed by atoms with Crippen molar-refractivity contribution in [3.8, 4) is 0 Å². The molecule has 0 saturated heterocycles. The first-order valence-electron chi connectivity index (χ1n) is 10.3. The standard InChI is InChI=1S/C18H24B3N9O3/c19-4-1-13(31)16-10(7-25-28-22)17(14(32)2-5-20)12(9-27-30-24)18(15(33)3-6-21)11(16)8-26-29-23/h13-15,31-33H,1-9H2. The van der Waals surface area contributed by atoms with Gasteiger partial charge in [0.2, 0.25) is 0 Å². The molecule has 0 spiro atoms. The summed E-state index contributed by atoms with van der Waals surface area (Å²) in [5, 5.41) is 43.8. The Balaban J connectivity index is 4.30. The lowest BCUT2D eigenvalue weighted by Crippen LogP contribution is -2.20. The second-order valence-corrected chi connectivity index (χ2v) is 7.12. The lowest BCUT2D eigenvalue weighted by molar-refractivity contribution is 0.156. The second-order valence-electron chi connectivity index (χ2n) is 7.12. The molecule has 0 fully saturated rings. The van der Waals surface area contributed by atoms with Crippen LogP contribution < -0.4 is 0 Å². The van der Waals surface area contributed by atoms with Crippen LogP contribution in [0.25, 0.3) is 31.3 Å². The highest BCUT2D eigenvalue weighted by molar-refractivity contribution is 6.08. The predicted molar refractivity (Wildman–Crippen MR) is 125 cm³/mol. The Hall–Kier alpha value is -2.78. The van der Waals surface area contributed by atoms with Crippen molar-refractivity contribution in [2.75, 3.05) is 0 Å². The zero-order valence-electron chi connectivity index (χ0n) is 18.2. The molecule has 0 aliphatic rings. The summed E-state index contributed by atoms with van der Waals surface area (Å²) in [7, 11) is 16.9. The van der Waals surface area contributed by atoms with E-state index in [0.717, 1.165) is 0 Å². The maximum Gasteiger partial charge on any atom is 0.0788 e. The first kappa shape index (κ1) is 28.3. The van der Waals surface area contributed by atoms with Crippen LogP contribution in [0.5, 0.6) is 0 Å². The number of rotatable bonds is 15. The Bertz CT molecular complexity index is 806. The van der Waals surface area contributed by atoms with E-state index in [9.17, 15) is 15.3 Å². The Labute approximate surface area is 195 Å². The van der Waals surface area contributed by atoms with Crippen molar-refractivity contribution in [3.05, 3.63) is 64.7 Å².